The van der Waals surface area contributed by atoms with Gasteiger partial charge in [0.2, 0.25) is 0 Å². The first-order valence-corrected chi connectivity index (χ1v) is 5.74. The Morgan fingerprint density at radius 2 is 2.10 bits per heavy atom. The van der Waals surface area contributed by atoms with Crippen molar-refractivity contribution in [1.29, 1.82) is 0 Å². The molecule has 0 radical (unpaired) electrons. The van der Waals surface area contributed by atoms with Gasteiger partial charge < -0.3 is 15.2 Å². The zero-order valence-electron chi connectivity index (χ0n) is 10.7. The predicted molar refractivity (Wildman–Crippen MR) is 71.6 cm³/mol. The van der Waals surface area contributed by atoms with Crippen molar-refractivity contribution < 1.29 is 19.4 Å². The van der Waals surface area contributed by atoms with Crippen LogP contribution in [0.5, 0.6) is 5.75 Å². The molecule has 2 aromatic rings. The molecule has 2 N–H and O–H groups in total. The molecule has 6 nitrogen and oxygen atoms in total. The Balaban J connectivity index is 2.20. The number of amides is 1. The minimum atomic E-state index is -0.494. The van der Waals surface area contributed by atoms with Gasteiger partial charge in [-0.1, -0.05) is 6.07 Å². The van der Waals surface area contributed by atoms with E-state index in [4.69, 9.17) is 0 Å². The van der Waals surface area contributed by atoms with Gasteiger partial charge in [-0.15, -0.1) is 0 Å². The summed E-state index contributed by atoms with van der Waals surface area (Å²) in [5.41, 5.74) is 0.849. The largest absolute Gasteiger partial charge is 0.505 e. The molecule has 0 bridgehead atoms. The Bertz CT molecular complexity index is 655. The molecule has 1 aromatic heterocycles. The van der Waals surface area contributed by atoms with E-state index in [2.05, 4.69) is 15.0 Å². The second-order valence-corrected chi connectivity index (χ2v) is 3.92. The van der Waals surface area contributed by atoms with Crippen molar-refractivity contribution in [2.75, 3.05) is 12.4 Å². The molecule has 0 spiro atoms. The summed E-state index contributed by atoms with van der Waals surface area (Å²) in [6, 6.07) is 7.71. The van der Waals surface area contributed by atoms with Gasteiger partial charge in [-0.3, -0.25) is 9.78 Å². The number of carbonyl (C=O) groups is 2. The van der Waals surface area contributed by atoms with Crippen LogP contribution in [0.15, 0.2) is 42.7 Å². The van der Waals surface area contributed by atoms with Crippen molar-refractivity contribution in [1.82, 2.24) is 4.98 Å². The number of hydrogen-bond donors (Lipinski definition) is 2. The van der Waals surface area contributed by atoms with Crippen LogP contribution < -0.4 is 5.32 Å². The second kappa shape index (κ2) is 5.83. The lowest BCUT2D eigenvalue weighted by atomic mass is 10.2. The topological polar surface area (TPSA) is 88.5 Å². The number of benzene rings is 1. The van der Waals surface area contributed by atoms with Gasteiger partial charge in [-0.05, 0) is 24.3 Å². The molecule has 1 amide bonds. The molecular formula is C14H12N2O4. The average Bonchev–Trinajstić information content (AvgIpc) is 2.47. The summed E-state index contributed by atoms with van der Waals surface area (Å²) in [6.45, 7) is 0. The van der Waals surface area contributed by atoms with E-state index in [1.54, 1.807) is 18.2 Å². The molecule has 6 heteroatoms. The van der Waals surface area contributed by atoms with E-state index in [1.807, 2.05) is 0 Å². The molecule has 1 heterocycles. The Morgan fingerprint density at radius 3 is 2.80 bits per heavy atom. The first-order chi connectivity index (χ1) is 9.61. The summed E-state index contributed by atoms with van der Waals surface area (Å²) in [7, 11) is 1.28. The predicted octanol–water partition coefficient (Wildman–Crippen LogP) is 1.83. The Morgan fingerprint density at radius 1 is 1.30 bits per heavy atom. The highest BCUT2D eigenvalue weighted by Crippen LogP contribution is 2.17. The lowest BCUT2D eigenvalue weighted by molar-refractivity contribution is 0.0600. The summed E-state index contributed by atoms with van der Waals surface area (Å²) < 4.78 is 4.60. The van der Waals surface area contributed by atoms with Gasteiger partial charge in [-0.25, -0.2) is 4.79 Å². The van der Waals surface area contributed by atoms with Gasteiger partial charge in [0, 0.05) is 11.9 Å². The highest BCUT2D eigenvalue weighted by Gasteiger charge is 2.12. The average molecular weight is 272 g/mol. The van der Waals surface area contributed by atoms with Gasteiger partial charge in [0.15, 0.2) is 0 Å². The third kappa shape index (κ3) is 2.92. The Hall–Kier alpha value is -2.89. The fraction of sp³-hybridized carbons (Fsp3) is 0.0714. The Labute approximate surface area is 115 Å². The van der Waals surface area contributed by atoms with E-state index in [0.717, 1.165) is 0 Å². The van der Waals surface area contributed by atoms with E-state index in [9.17, 15) is 14.7 Å². The molecule has 0 fully saturated rings. The van der Waals surface area contributed by atoms with Crippen LogP contribution in [0.2, 0.25) is 0 Å². The fourth-order valence-corrected chi connectivity index (χ4v) is 1.62. The third-order valence-corrected chi connectivity index (χ3v) is 2.59. The normalized spacial score (nSPS) is 9.85. The molecule has 20 heavy (non-hydrogen) atoms. The van der Waals surface area contributed by atoms with Crippen LogP contribution in [0.1, 0.15) is 20.7 Å². The van der Waals surface area contributed by atoms with Crippen molar-refractivity contribution in [3.63, 3.8) is 0 Å². The standard InChI is InChI=1S/C14H12N2O4/c1-20-14(19)9-3-2-4-10(7-9)16-13(18)11-5-6-15-8-12(11)17/h2-8,17H,1H3,(H,16,18). The van der Waals surface area contributed by atoms with Crippen molar-refractivity contribution in [2.24, 2.45) is 0 Å². The van der Waals surface area contributed by atoms with E-state index in [1.165, 1.54) is 31.6 Å². The number of aromatic hydroxyl groups is 1. The molecule has 0 saturated carbocycles. The van der Waals surface area contributed by atoms with Crippen molar-refractivity contribution >= 4 is 17.6 Å². The van der Waals surface area contributed by atoms with Crippen LogP contribution in [0, 0.1) is 0 Å². The monoisotopic (exact) mass is 272 g/mol. The number of ether oxygens (including phenoxy) is 1. The number of anilines is 1. The molecule has 1 aromatic carbocycles. The zero-order valence-corrected chi connectivity index (χ0v) is 10.7. The third-order valence-electron chi connectivity index (χ3n) is 2.59. The van der Waals surface area contributed by atoms with Gasteiger partial charge in [0.1, 0.15) is 5.75 Å². The molecule has 102 valence electrons. The number of methoxy groups -OCH3 is 1. The number of pyridine rings is 1. The van der Waals surface area contributed by atoms with Crippen LogP contribution in [-0.4, -0.2) is 29.1 Å². The minimum absolute atomic E-state index is 0.100. The number of nitrogens with one attached hydrogen (secondary N) is 1. The van der Waals surface area contributed by atoms with E-state index in [-0.39, 0.29) is 11.3 Å². The zero-order chi connectivity index (χ0) is 14.5. The molecule has 0 saturated heterocycles. The smallest absolute Gasteiger partial charge is 0.337 e. The summed E-state index contributed by atoms with van der Waals surface area (Å²) in [5, 5.41) is 12.1. The minimum Gasteiger partial charge on any atom is -0.505 e. The first kappa shape index (κ1) is 13.5. The van der Waals surface area contributed by atoms with Gasteiger partial charge in [-0.2, -0.15) is 0 Å². The van der Waals surface area contributed by atoms with Crippen LogP contribution in [-0.2, 0) is 4.74 Å². The number of esters is 1. The summed E-state index contributed by atoms with van der Waals surface area (Å²) in [5.74, 6) is -1.20. The molecular weight excluding hydrogens is 260 g/mol. The number of rotatable bonds is 3. The number of aromatic nitrogens is 1. The van der Waals surface area contributed by atoms with E-state index >= 15 is 0 Å². The number of hydrogen-bond acceptors (Lipinski definition) is 5. The molecule has 0 atom stereocenters. The van der Waals surface area contributed by atoms with Crippen molar-refractivity contribution in [2.45, 2.75) is 0 Å². The highest BCUT2D eigenvalue weighted by molar-refractivity contribution is 6.06. The van der Waals surface area contributed by atoms with Gasteiger partial charge in [0.05, 0.1) is 24.4 Å². The molecule has 0 aliphatic carbocycles. The van der Waals surface area contributed by atoms with E-state index in [0.29, 0.717) is 11.3 Å². The van der Waals surface area contributed by atoms with Gasteiger partial charge in [0.25, 0.3) is 5.91 Å². The summed E-state index contributed by atoms with van der Waals surface area (Å²) >= 11 is 0. The SMILES string of the molecule is COC(=O)c1cccc(NC(=O)c2ccncc2O)c1. The lowest BCUT2D eigenvalue weighted by Crippen LogP contribution is -2.13. The molecule has 0 aliphatic heterocycles. The number of nitrogens with zero attached hydrogens (tertiary/aromatic N) is 1. The van der Waals surface area contributed by atoms with Crippen molar-refractivity contribution in [3.05, 3.63) is 53.9 Å². The van der Waals surface area contributed by atoms with Crippen LogP contribution in [0.4, 0.5) is 5.69 Å². The molecule has 0 aliphatic rings. The van der Waals surface area contributed by atoms with Crippen LogP contribution in [0.25, 0.3) is 0 Å². The van der Waals surface area contributed by atoms with Crippen molar-refractivity contribution in [3.8, 4) is 5.75 Å². The maximum Gasteiger partial charge on any atom is 0.337 e. The quantitative estimate of drug-likeness (QED) is 0.832. The second-order valence-electron chi connectivity index (χ2n) is 3.92. The molecule has 2 rings (SSSR count). The van der Waals surface area contributed by atoms with Crippen LogP contribution >= 0.6 is 0 Å². The van der Waals surface area contributed by atoms with E-state index < -0.39 is 11.9 Å². The summed E-state index contributed by atoms with van der Waals surface area (Å²) in [4.78, 5) is 27.1. The maximum atomic E-state index is 12.0. The fourth-order valence-electron chi connectivity index (χ4n) is 1.62. The lowest BCUT2D eigenvalue weighted by Gasteiger charge is -2.07. The number of carbonyl (C=O) groups excluding carboxylic acids is 2. The summed E-state index contributed by atoms with van der Waals surface area (Å²) in [6.07, 6.45) is 2.58. The Kier molecular flexibility index (Phi) is 3.95. The van der Waals surface area contributed by atoms with Crippen LogP contribution in [0.3, 0.4) is 0 Å². The highest BCUT2D eigenvalue weighted by atomic mass is 16.5. The maximum absolute atomic E-state index is 12.0. The first-order valence-electron chi connectivity index (χ1n) is 5.74. The van der Waals surface area contributed by atoms with Gasteiger partial charge >= 0.3 is 5.97 Å². The molecule has 0 unspecified atom stereocenters.